The van der Waals surface area contributed by atoms with Gasteiger partial charge >= 0.3 is 0 Å². The van der Waals surface area contributed by atoms with Crippen molar-refractivity contribution >= 4 is 0 Å². The van der Waals surface area contributed by atoms with E-state index in [1.54, 1.807) is 7.11 Å². The molecule has 15 heavy (non-hydrogen) atoms. The number of methoxy groups -OCH3 is 1. The summed E-state index contributed by atoms with van der Waals surface area (Å²) in [7, 11) is 3.67. The zero-order valence-electron chi connectivity index (χ0n) is 10.0. The summed E-state index contributed by atoms with van der Waals surface area (Å²) in [5.41, 5.74) is 1.22. The molecular weight excluding hydrogens is 190 g/mol. The molecule has 0 bridgehead atoms. The summed E-state index contributed by atoms with van der Waals surface area (Å²) in [4.78, 5) is 0. The molecule has 4 nitrogen and oxygen atoms in total. The van der Waals surface area contributed by atoms with Gasteiger partial charge in [0.25, 0.3) is 0 Å². The van der Waals surface area contributed by atoms with Gasteiger partial charge in [-0.05, 0) is 20.3 Å². The Bertz CT molecular complexity index is 285. The predicted octanol–water partition coefficient (Wildman–Crippen LogP) is 1.50. The van der Waals surface area contributed by atoms with Crippen LogP contribution in [0.25, 0.3) is 0 Å². The summed E-state index contributed by atoms with van der Waals surface area (Å²) < 4.78 is 6.87. The molecule has 4 heteroatoms. The molecule has 0 aliphatic rings. The van der Waals surface area contributed by atoms with Crippen molar-refractivity contribution in [3.05, 3.63) is 18.0 Å². The fourth-order valence-corrected chi connectivity index (χ4v) is 1.56. The average Bonchev–Trinajstić information content (AvgIpc) is 2.61. The largest absolute Gasteiger partial charge is 0.385 e. The molecule has 1 aromatic rings. The highest BCUT2D eigenvalue weighted by atomic mass is 16.5. The van der Waals surface area contributed by atoms with Crippen molar-refractivity contribution in [2.45, 2.75) is 32.4 Å². The van der Waals surface area contributed by atoms with Crippen molar-refractivity contribution < 1.29 is 4.74 Å². The fourth-order valence-electron chi connectivity index (χ4n) is 1.56. The van der Waals surface area contributed by atoms with Crippen LogP contribution in [0.1, 0.15) is 31.9 Å². The molecule has 0 aliphatic carbocycles. The number of hydrogen-bond acceptors (Lipinski definition) is 3. The van der Waals surface area contributed by atoms with Crippen LogP contribution in [0.2, 0.25) is 0 Å². The maximum absolute atomic E-state index is 5.05. The summed E-state index contributed by atoms with van der Waals surface area (Å²) in [5, 5.41) is 7.67. The summed E-state index contributed by atoms with van der Waals surface area (Å²) in [5.74, 6) is 0. The van der Waals surface area contributed by atoms with Crippen molar-refractivity contribution in [1.82, 2.24) is 15.1 Å². The minimum atomic E-state index is 0.338. The first kappa shape index (κ1) is 12.2. The molecule has 1 rings (SSSR count). The van der Waals surface area contributed by atoms with Gasteiger partial charge in [-0.25, -0.2) is 0 Å². The van der Waals surface area contributed by atoms with Crippen molar-refractivity contribution in [1.29, 1.82) is 0 Å². The smallest absolute Gasteiger partial charge is 0.0537 e. The lowest BCUT2D eigenvalue weighted by atomic mass is 10.1. The second kappa shape index (κ2) is 5.88. The monoisotopic (exact) mass is 211 g/mol. The Labute approximate surface area is 91.6 Å². The third-order valence-corrected chi connectivity index (χ3v) is 2.51. The molecule has 0 aromatic carbocycles. The lowest BCUT2D eigenvalue weighted by Crippen LogP contribution is -2.29. The van der Waals surface area contributed by atoms with E-state index in [1.807, 2.05) is 24.1 Å². The SMILES string of the molecule is COCCC(C)NC(C)c1cnn(C)c1. The topological polar surface area (TPSA) is 39.1 Å². The Morgan fingerprint density at radius 1 is 1.53 bits per heavy atom. The Morgan fingerprint density at radius 3 is 2.80 bits per heavy atom. The van der Waals surface area contributed by atoms with Gasteiger partial charge in [0.05, 0.1) is 6.20 Å². The van der Waals surface area contributed by atoms with Crippen LogP contribution in [0.3, 0.4) is 0 Å². The minimum absolute atomic E-state index is 0.338. The number of nitrogens with zero attached hydrogens (tertiary/aromatic N) is 2. The molecule has 0 radical (unpaired) electrons. The molecular formula is C11H21N3O. The summed E-state index contributed by atoms with van der Waals surface area (Å²) >= 11 is 0. The van der Waals surface area contributed by atoms with E-state index >= 15 is 0 Å². The average molecular weight is 211 g/mol. The van der Waals surface area contributed by atoms with E-state index in [4.69, 9.17) is 4.74 Å². The molecule has 0 saturated carbocycles. The van der Waals surface area contributed by atoms with Gasteiger partial charge in [0.1, 0.15) is 0 Å². The van der Waals surface area contributed by atoms with E-state index in [-0.39, 0.29) is 0 Å². The van der Waals surface area contributed by atoms with Crippen LogP contribution in [0.5, 0.6) is 0 Å². The molecule has 0 aliphatic heterocycles. The number of hydrogen-bond donors (Lipinski definition) is 1. The zero-order chi connectivity index (χ0) is 11.3. The van der Waals surface area contributed by atoms with Crippen molar-refractivity contribution in [3.63, 3.8) is 0 Å². The van der Waals surface area contributed by atoms with Gasteiger partial charge in [-0.1, -0.05) is 0 Å². The summed E-state index contributed by atoms with van der Waals surface area (Å²) in [6.07, 6.45) is 4.97. The van der Waals surface area contributed by atoms with Gasteiger partial charge in [0.15, 0.2) is 0 Å². The van der Waals surface area contributed by atoms with Crippen molar-refractivity contribution in [2.24, 2.45) is 7.05 Å². The molecule has 86 valence electrons. The molecule has 0 saturated heterocycles. The van der Waals surface area contributed by atoms with Crippen molar-refractivity contribution in [2.75, 3.05) is 13.7 Å². The molecule has 0 spiro atoms. The lowest BCUT2D eigenvalue weighted by Gasteiger charge is -2.18. The Hall–Kier alpha value is -0.870. The third kappa shape index (κ3) is 4.01. The first-order chi connectivity index (χ1) is 7.13. The van der Waals surface area contributed by atoms with Crippen LogP contribution < -0.4 is 5.32 Å². The predicted molar refractivity (Wildman–Crippen MR) is 60.7 cm³/mol. The van der Waals surface area contributed by atoms with E-state index in [9.17, 15) is 0 Å². The number of aromatic nitrogens is 2. The van der Waals surface area contributed by atoms with Crippen LogP contribution in [0, 0.1) is 0 Å². The van der Waals surface area contributed by atoms with Gasteiger partial charge in [-0.2, -0.15) is 5.10 Å². The highest BCUT2D eigenvalue weighted by molar-refractivity contribution is 5.09. The maximum atomic E-state index is 5.05. The van der Waals surface area contributed by atoms with Crippen LogP contribution in [0.15, 0.2) is 12.4 Å². The van der Waals surface area contributed by atoms with E-state index in [0.29, 0.717) is 12.1 Å². The van der Waals surface area contributed by atoms with E-state index in [2.05, 4.69) is 24.3 Å². The Kier molecular flexibility index (Phi) is 4.78. The van der Waals surface area contributed by atoms with Crippen molar-refractivity contribution in [3.8, 4) is 0 Å². The van der Waals surface area contributed by atoms with Crippen LogP contribution in [-0.4, -0.2) is 29.5 Å². The van der Waals surface area contributed by atoms with E-state index in [0.717, 1.165) is 13.0 Å². The quantitative estimate of drug-likeness (QED) is 0.775. The molecule has 2 atom stereocenters. The number of aryl methyl sites for hydroxylation is 1. The Balaban J connectivity index is 2.38. The number of rotatable bonds is 6. The highest BCUT2D eigenvalue weighted by Gasteiger charge is 2.10. The standard InChI is InChI=1S/C11H21N3O/c1-9(5-6-15-4)13-10(2)11-7-12-14(3)8-11/h7-10,13H,5-6H2,1-4H3. The van der Waals surface area contributed by atoms with Gasteiger partial charge in [-0.3, -0.25) is 4.68 Å². The highest BCUT2D eigenvalue weighted by Crippen LogP contribution is 2.11. The van der Waals surface area contributed by atoms with E-state index in [1.165, 1.54) is 5.56 Å². The van der Waals surface area contributed by atoms with Gasteiger partial charge in [0.2, 0.25) is 0 Å². The number of nitrogens with one attached hydrogen (secondary N) is 1. The zero-order valence-corrected chi connectivity index (χ0v) is 10.0. The second-order valence-electron chi connectivity index (χ2n) is 4.02. The minimum Gasteiger partial charge on any atom is -0.385 e. The molecule has 1 N–H and O–H groups in total. The Morgan fingerprint density at radius 2 is 2.27 bits per heavy atom. The van der Waals surface area contributed by atoms with Gasteiger partial charge in [0, 0.05) is 44.6 Å². The van der Waals surface area contributed by atoms with Gasteiger partial charge < -0.3 is 10.1 Å². The molecule has 2 unspecified atom stereocenters. The summed E-state index contributed by atoms with van der Waals surface area (Å²) in [6.45, 7) is 5.13. The maximum Gasteiger partial charge on any atom is 0.0537 e. The summed E-state index contributed by atoms with van der Waals surface area (Å²) in [6, 6.07) is 0.797. The van der Waals surface area contributed by atoms with Crippen LogP contribution in [-0.2, 0) is 11.8 Å². The van der Waals surface area contributed by atoms with Crippen LogP contribution >= 0.6 is 0 Å². The fraction of sp³-hybridized carbons (Fsp3) is 0.727. The molecule has 1 aromatic heterocycles. The second-order valence-corrected chi connectivity index (χ2v) is 4.02. The normalized spacial score (nSPS) is 15.2. The molecule has 0 amide bonds. The molecule has 1 heterocycles. The third-order valence-electron chi connectivity index (χ3n) is 2.51. The van der Waals surface area contributed by atoms with E-state index < -0.39 is 0 Å². The first-order valence-electron chi connectivity index (χ1n) is 5.37. The van der Waals surface area contributed by atoms with Crippen LogP contribution in [0.4, 0.5) is 0 Å². The lowest BCUT2D eigenvalue weighted by molar-refractivity contribution is 0.183. The number of ether oxygens (including phenoxy) is 1. The molecule has 0 fully saturated rings. The first-order valence-corrected chi connectivity index (χ1v) is 5.37. The van der Waals surface area contributed by atoms with Gasteiger partial charge in [-0.15, -0.1) is 0 Å².